The van der Waals surface area contributed by atoms with Gasteiger partial charge in [0.05, 0.1) is 11.6 Å². The minimum atomic E-state index is -4.69. The topological polar surface area (TPSA) is 12.0 Å². The van der Waals surface area contributed by atoms with E-state index in [2.05, 4.69) is 5.32 Å². The standard InChI is InChI=1S/C14H13F4NS/c1-8-5-6-20-13(8)12(19-2)9-3-4-11(15)10(7-9)14(16,17)18/h3-7,12,19H,1-2H3. The molecule has 1 atom stereocenters. The maximum Gasteiger partial charge on any atom is 0.419 e. The lowest BCUT2D eigenvalue weighted by Crippen LogP contribution is -2.19. The van der Waals surface area contributed by atoms with E-state index >= 15 is 0 Å². The van der Waals surface area contributed by atoms with Gasteiger partial charge in [-0.3, -0.25) is 0 Å². The summed E-state index contributed by atoms with van der Waals surface area (Å²) in [6, 6.07) is 4.64. The average Bonchev–Trinajstić information content (AvgIpc) is 2.77. The molecule has 6 heteroatoms. The first-order valence-electron chi connectivity index (χ1n) is 5.92. The van der Waals surface area contributed by atoms with Crippen molar-refractivity contribution in [1.82, 2.24) is 5.32 Å². The Balaban J connectivity index is 2.49. The molecule has 1 N–H and O–H groups in total. The van der Waals surface area contributed by atoms with Crippen LogP contribution in [0.15, 0.2) is 29.6 Å². The highest BCUT2D eigenvalue weighted by molar-refractivity contribution is 7.10. The molecule has 108 valence electrons. The lowest BCUT2D eigenvalue weighted by atomic mass is 10.0. The average molecular weight is 303 g/mol. The van der Waals surface area contributed by atoms with Gasteiger partial charge in [-0.1, -0.05) is 6.07 Å². The molecule has 0 bridgehead atoms. The minimum Gasteiger partial charge on any atom is -0.309 e. The van der Waals surface area contributed by atoms with Crippen molar-refractivity contribution in [3.63, 3.8) is 0 Å². The van der Waals surface area contributed by atoms with E-state index in [0.717, 1.165) is 22.6 Å². The van der Waals surface area contributed by atoms with Gasteiger partial charge >= 0.3 is 6.18 Å². The molecule has 0 aliphatic rings. The molecule has 2 aromatic rings. The van der Waals surface area contributed by atoms with Crippen LogP contribution in [-0.2, 0) is 6.18 Å². The van der Waals surface area contributed by atoms with Crippen molar-refractivity contribution in [2.24, 2.45) is 0 Å². The molecular weight excluding hydrogens is 290 g/mol. The highest BCUT2D eigenvalue weighted by Gasteiger charge is 2.34. The Hall–Kier alpha value is -1.40. The molecule has 20 heavy (non-hydrogen) atoms. The van der Waals surface area contributed by atoms with Gasteiger partial charge < -0.3 is 5.32 Å². The molecule has 0 saturated carbocycles. The van der Waals surface area contributed by atoms with E-state index in [0.29, 0.717) is 5.56 Å². The summed E-state index contributed by atoms with van der Waals surface area (Å²) in [5.41, 5.74) is 0.156. The zero-order valence-corrected chi connectivity index (χ0v) is 11.7. The number of hydrogen-bond donors (Lipinski definition) is 1. The highest BCUT2D eigenvalue weighted by Crippen LogP contribution is 2.35. The summed E-state index contributed by atoms with van der Waals surface area (Å²) in [7, 11) is 1.67. The number of halogens is 4. The van der Waals surface area contributed by atoms with E-state index in [1.54, 1.807) is 7.05 Å². The summed E-state index contributed by atoms with van der Waals surface area (Å²) in [6.45, 7) is 1.89. The minimum absolute atomic E-state index is 0.378. The van der Waals surface area contributed by atoms with Crippen molar-refractivity contribution >= 4 is 11.3 Å². The monoisotopic (exact) mass is 303 g/mol. The smallest absolute Gasteiger partial charge is 0.309 e. The molecule has 1 aromatic carbocycles. The molecule has 1 heterocycles. The van der Waals surface area contributed by atoms with Crippen LogP contribution in [-0.4, -0.2) is 7.05 Å². The van der Waals surface area contributed by atoms with E-state index in [1.165, 1.54) is 17.4 Å². The van der Waals surface area contributed by atoms with E-state index in [4.69, 9.17) is 0 Å². The number of nitrogens with one attached hydrogen (secondary N) is 1. The molecule has 0 aliphatic heterocycles. The van der Waals surface area contributed by atoms with Crippen LogP contribution >= 0.6 is 11.3 Å². The van der Waals surface area contributed by atoms with Gasteiger partial charge in [0.15, 0.2) is 0 Å². The van der Waals surface area contributed by atoms with Crippen molar-refractivity contribution in [2.45, 2.75) is 19.1 Å². The van der Waals surface area contributed by atoms with E-state index in [-0.39, 0.29) is 6.04 Å². The third-order valence-electron chi connectivity index (χ3n) is 3.08. The molecule has 1 aromatic heterocycles. The Labute approximate surface area is 118 Å². The normalized spacial score (nSPS) is 13.5. The van der Waals surface area contributed by atoms with Gasteiger partial charge in [-0.05, 0) is 48.7 Å². The number of rotatable bonds is 3. The first kappa shape index (κ1) is 15.0. The van der Waals surface area contributed by atoms with Gasteiger partial charge in [0.1, 0.15) is 5.82 Å². The molecule has 0 amide bonds. The summed E-state index contributed by atoms with van der Waals surface area (Å²) in [4.78, 5) is 0.923. The van der Waals surface area contributed by atoms with Gasteiger partial charge in [0.2, 0.25) is 0 Å². The van der Waals surface area contributed by atoms with Crippen molar-refractivity contribution in [1.29, 1.82) is 0 Å². The van der Waals surface area contributed by atoms with Crippen molar-refractivity contribution < 1.29 is 17.6 Å². The molecule has 2 rings (SSSR count). The van der Waals surface area contributed by atoms with Crippen LogP contribution < -0.4 is 5.32 Å². The Morgan fingerprint density at radius 2 is 1.90 bits per heavy atom. The summed E-state index contributed by atoms with van der Waals surface area (Å²) >= 11 is 1.46. The van der Waals surface area contributed by atoms with Crippen molar-refractivity contribution in [3.05, 3.63) is 57.0 Å². The SMILES string of the molecule is CNC(c1ccc(F)c(C(F)(F)F)c1)c1sccc1C. The Morgan fingerprint density at radius 1 is 1.20 bits per heavy atom. The fraction of sp³-hybridized carbons (Fsp3) is 0.286. The summed E-state index contributed by atoms with van der Waals surface area (Å²) in [6.07, 6.45) is -4.69. The maximum atomic E-state index is 13.3. The van der Waals surface area contributed by atoms with E-state index in [9.17, 15) is 17.6 Å². The number of hydrogen-bond acceptors (Lipinski definition) is 2. The molecule has 0 spiro atoms. The molecule has 0 fully saturated rings. The first-order valence-corrected chi connectivity index (χ1v) is 6.80. The second-order valence-corrected chi connectivity index (χ2v) is 5.37. The predicted molar refractivity (Wildman–Crippen MR) is 71.4 cm³/mol. The summed E-state index contributed by atoms with van der Waals surface area (Å²) < 4.78 is 51.6. The quantitative estimate of drug-likeness (QED) is 0.822. The van der Waals surface area contributed by atoms with Gasteiger partial charge in [0.25, 0.3) is 0 Å². The van der Waals surface area contributed by atoms with E-state index in [1.807, 2.05) is 18.4 Å². The van der Waals surface area contributed by atoms with Crippen molar-refractivity contribution in [3.8, 4) is 0 Å². The van der Waals surface area contributed by atoms with E-state index < -0.39 is 17.6 Å². The summed E-state index contributed by atoms with van der Waals surface area (Å²) in [5.74, 6) is -1.25. The fourth-order valence-electron chi connectivity index (χ4n) is 2.07. The molecule has 0 radical (unpaired) electrons. The lowest BCUT2D eigenvalue weighted by Gasteiger charge is -2.18. The number of benzene rings is 1. The Kier molecular flexibility index (Phi) is 4.15. The lowest BCUT2D eigenvalue weighted by molar-refractivity contribution is -0.140. The molecule has 0 saturated heterocycles. The fourth-order valence-corrected chi connectivity index (χ4v) is 3.13. The van der Waals surface area contributed by atoms with Gasteiger partial charge in [-0.25, -0.2) is 4.39 Å². The zero-order valence-electron chi connectivity index (χ0n) is 10.9. The third kappa shape index (κ3) is 2.86. The van der Waals surface area contributed by atoms with Crippen LogP contribution in [0.2, 0.25) is 0 Å². The van der Waals surface area contributed by atoms with Crippen LogP contribution in [0, 0.1) is 12.7 Å². The van der Waals surface area contributed by atoms with Crippen LogP contribution in [0.25, 0.3) is 0 Å². The summed E-state index contributed by atoms with van der Waals surface area (Å²) in [5, 5.41) is 4.86. The third-order valence-corrected chi connectivity index (χ3v) is 4.17. The Morgan fingerprint density at radius 3 is 2.40 bits per heavy atom. The molecule has 1 unspecified atom stereocenters. The second-order valence-electron chi connectivity index (χ2n) is 4.43. The van der Waals surface area contributed by atoms with Crippen LogP contribution in [0.3, 0.4) is 0 Å². The van der Waals surface area contributed by atoms with Gasteiger partial charge in [0, 0.05) is 4.88 Å². The highest BCUT2D eigenvalue weighted by atomic mass is 32.1. The maximum absolute atomic E-state index is 13.3. The molecule has 1 nitrogen and oxygen atoms in total. The largest absolute Gasteiger partial charge is 0.419 e. The number of alkyl halides is 3. The van der Waals surface area contributed by atoms with Gasteiger partial charge in [-0.15, -0.1) is 11.3 Å². The van der Waals surface area contributed by atoms with Gasteiger partial charge in [-0.2, -0.15) is 13.2 Å². The second kappa shape index (κ2) is 5.54. The van der Waals surface area contributed by atoms with Crippen LogP contribution in [0.1, 0.15) is 27.6 Å². The number of aryl methyl sites for hydroxylation is 1. The van der Waals surface area contributed by atoms with Crippen molar-refractivity contribution in [2.75, 3.05) is 7.05 Å². The number of thiophene rings is 1. The Bertz CT molecular complexity index is 603. The molecule has 0 aliphatic carbocycles. The zero-order chi connectivity index (χ0) is 14.9. The van der Waals surface area contributed by atoms with Crippen LogP contribution in [0.4, 0.5) is 17.6 Å². The predicted octanol–water partition coefficient (Wildman–Crippen LogP) is 4.52. The molecular formula is C14H13F4NS. The first-order chi connectivity index (χ1) is 9.34. The van der Waals surface area contributed by atoms with Crippen LogP contribution in [0.5, 0.6) is 0 Å².